The maximum Gasteiger partial charge on any atom is 0.311 e. The van der Waals surface area contributed by atoms with Gasteiger partial charge >= 0.3 is 5.82 Å². The normalized spacial score (nSPS) is 11.3. The molecule has 24 heavy (non-hydrogen) atoms. The molecule has 0 saturated heterocycles. The molecular weight excluding hydrogens is 294 g/mol. The highest BCUT2D eigenvalue weighted by atomic mass is 15.2. The molecule has 4 aromatic rings. The summed E-state index contributed by atoms with van der Waals surface area (Å²) in [7, 11) is 2.11. The van der Waals surface area contributed by atoms with Crippen LogP contribution in [0.15, 0.2) is 61.1 Å². The Morgan fingerprint density at radius 2 is 1.54 bits per heavy atom. The first-order valence-corrected chi connectivity index (χ1v) is 8.28. The molecule has 4 rings (SSSR count). The molecule has 1 aromatic carbocycles. The van der Waals surface area contributed by atoms with Crippen LogP contribution >= 0.6 is 0 Å². The molecule has 0 unspecified atom stereocenters. The van der Waals surface area contributed by atoms with Gasteiger partial charge in [-0.05, 0) is 55.7 Å². The molecule has 0 radical (unpaired) electrons. The van der Waals surface area contributed by atoms with E-state index in [1.165, 1.54) is 39.4 Å². The number of aryl methyl sites for hydroxylation is 4. The number of pyridine rings is 1. The van der Waals surface area contributed by atoms with Crippen molar-refractivity contribution in [2.45, 2.75) is 20.8 Å². The average Bonchev–Trinajstić information content (AvgIpc) is 3.15. The van der Waals surface area contributed by atoms with E-state index in [0.29, 0.717) is 0 Å². The lowest BCUT2D eigenvalue weighted by atomic mass is 10.1. The number of aromatic nitrogens is 3. The molecule has 0 aliphatic heterocycles. The molecule has 0 fully saturated rings. The largest absolute Gasteiger partial charge is 0.311 e. The van der Waals surface area contributed by atoms with E-state index < -0.39 is 0 Å². The monoisotopic (exact) mass is 316 g/mol. The third-order valence-electron chi connectivity index (χ3n) is 4.79. The Morgan fingerprint density at radius 3 is 2.29 bits per heavy atom. The highest BCUT2D eigenvalue weighted by Crippen LogP contribution is 2.28. The summed E-state index contributed by atoms with van der Waals surface area (Å²) >= 11 is 0. The fourth-order valence-corrected chi connectivity index (χ4v) is 3.62. The van der Waals surface area contributed by atoms with Gasteiger partial charge in [0.1, 0.15) is 23.8 Å². The van der Waals surface area contributed by atoms with Gasteiger partial charge in [-0.1, -0.05) is 24.3 Å². The van der Waals surface area contributed by atoms with E-state index >= 15 is 0 Å². The van der Waals surface area contributed by atoms with Crippen LogP contribution in [0.2, 0.25) is 0 Å². The fraction of sp³-hybridized carbons (Fsp3) is 0.190. The van der Waals surface area contributed by atoms with Gasteiger partial charge in [-0.2, -0.15) is 4.57 Å². The summed E-state index contributed by atoms with van der Waals surface area (Å²) in [5, 5.41) is 0. The second kappa shape index (κ2) is 5.38. The summed E-state index contributed by atoms with van der Waals surface area (Å²) in [5.74, 6) is 1.19. The van der Waals surface area contributed by atoms with Gasteiger partial charge in [0.05, 0.1) is 7.05 Å². The SMILES string of the molecule is Cc1cccc(C)c1-n1cc[n+](C)c1-c1c(C)ccc2cccn12. The van der Waals surface area contributed by atoms with E-state index in [4.69, 9.17) is 0 Å². The van der Waals surface area contributed by atoms with E-state index in [9.17, 15) is 0 Å². The van der Waals surface area contributed by atoms with Gasteiger partial charge in [-0.3, -0.25) is 0 Å². The van der Waals surface area contributed by atoms with E-state index in [2.05, 4.69) is 102 Å². The minimum Gasteiger partial charge on any atom is -0.310 e. The van der Waals surface area contributed by atoms with E-state index in [1.54, 1.807) is 0 Å². The molecule has 3 heteroatoms. The maximum atomic E-state index is 2.31. The van der Waals surface area contributed by atoms with Crippen LogP contribution < -0.4 is 4.57 Å². The van der Waals surface area contributed by atoms with Crippen molar-refractivity contribution in [3.05, 3.63) is 77.7 Å². The molecular formula is C21H22N3+. The van der Waals surface area contributed by atoms with Crippen LogP contribution in [0.4, 0.5) is 0 Å². The van der Waals surface area contributed by atoms with E-state index in [0.717, 1.165) is 0 Å². The average molecular weight is 316 g/mol. The van der Waals surface area contributed by atoms with Crippen molar-refractivity contribution in [2.75, 3.05) is 0 Å². The minimum absolute atomic E-state index is 1.19. The summed E-state index contributed by atoms with van der Waals surface area (Å²) in [6.07, 6.45) is 6.43. The van der Waals surface area contributed by atoms with Crippen molar-refractivity contribution >= 4 is 5.52 Å². The first-order chi connectivity index (χ1) is 11.6. The van der Waals surface area contributed by atoms with Crippen molar-refractivity contribution in [2.24, 2.45) is 7.05 Å². The molecule has 0 spiro atoms. The van der Waals surface area contributed by atoms with Crippen LogP contribution in [0.25, 0.3) is 22.7 Å². The molecule has 3 nitrogen and oxygen atoms in total. The third-order valence-corrected chi connectivity index (χ3v) is 4.79. The molecule has 0 atom stereocenters. The Balaban J connectivity index is 2.09. The summed E-state index contributed by atoms with van der Waals surface area (Å²) < 4.78 is 6.79. The summed E-state index contributed by atoms with van der Waals surface area (Å²) in [6, 6.07) is 15.1. The van der Waals surface area contributed by atoms with Crippen LogP contribution in [0.5, 0.6) is 0 Å². The summed E-state index contributed by atoms with van der Waals surface area (Å²) in [4.78, 5) is 0. The Bertz CT molecular complexity index is 1030. The van der Waals surface area contributed by atoms with Gasteiger partial charge in [-0.15, -0.1) is 0 Å². The van der Waals surface area contributed by atoms with Crippen LogP contribution in [0.1, 0.15) is 16.7 Å². The minimum atomic E-state index is 1.19. The van der Waals surface area contributed by atoms with Gasteiger partial charge in [0, 0.05) is 11.7 Å². The molecule has 3 aromatic heterocycles. The number of hydrogen-bond donors (Lipinski definition) is 0. The van der Waals surface area contributed by atoms with Gasteiger partial charge in [0.15, 0.2) is 0 Å². The van der Waals surface area contributed by atoms with Crippen molar-refractivity contribution in [3.63, 3.8) is 0 Å². The van der Waals surface area contributed by atoms with E-state index in [1.807, 2.05) is 0 Å². The van der Waals surface area contributed by atoms with Gasteiger partial charge in [-0.25, -0.2) is 4.57 Å². The van der Waals surface area contributed by atoms with Crippen LogP contribution in [0.3, 0.4) is 0 Å². The molecule has 3 heterocycles. The zero-order valence-corrected chi connectivity index (χ0v) is 14.6. The lowest BCUT2D eigenvalue weighted by Crippen LogP contribution is -2.30. The summed E-state index contributed by atoms with van der Waals surface area (Å²) in [5.41, 5.74) is 7.53. The first kappa shape index (κ1) is 14.8. The van der Waals surface area contributed by atoms with Gasteiger partial charge in [0.25, 0.3) is 0 Å². The molecule has 0 N–H and O–H groups in total. The van der Waals surface area contributed by atoms with Crippen molar-refractivity contribution in [1.82, 2.24) is 8.97 Å². The molecule has 0 aliphatic rings. The standard InChI is InChI=1S/C21H22N3/c1-15-7-5-8-16(2)19(15)24-14-13-22(4)21(24)20-17(3)10-11-18-9-6-12-23(18)20/h5-14H,1-4H3/q+1. The second-order valence-corrected chi connectivity index (χ2v) is 6.51. The summed E-state index contributed by atoms with van der Waals surface area (Å²) in [6.45, 7) is 6.53. The molecule has 0 amide bonds. The fourth-order valence-electron chi connectivity index (χ4n) is 3.62. The number of imidazole rings is 1. The number of hydrogen-bond acceptors (Lipinski definition) is 0. The number of nitrogens with zero attached hydrogens (tertiary/aromatic N) is 3. The molecule has 120 valence electrons. The smallest absolute Gasteiger partial charge is 0.310 e. The quantitative estimate of drug-likeness (QED) is 0.493. The van der Waals surface area contributed by atoms with Gasteiger partial charge < -0.3 is 4.40 Å². The maximum absolute atomic E-state index is 2.31. The van der Waals surface area contributed by atoms with Crippen molar-refractivity contribution in [1.29, 1.82) is 0 Å². The van der Waals surface area contributed by atoms with Crippen LogP contribution in [0, 0.1) is 20.8 Å². The zero-order valence-electron chi connectivity index (χ0n) is 14.6. The molecule has 0 bridgehead atoms. The first-order valence-electron chi connectivity index (χ1n) is 8.28. The van der Waals surface area contributed by atoms with Crippen molar-refractivity contribution < 1.29 is 4.57 Å². The van der Waals surface area contributed by atoms with Crippen LogP contribution in [-0.2, 0) is 7.05 Å². The Kier molecular flexibility index (Phi) is 3.31. The predicted molar refractivity (Wildman–Crippen MR) is 97.5 cm³/mol. The topological polar surface area (TPSA) is 13.2 Å². The Labute approximate surface area is 142 Å². The second-order valence-electron chi connectivity index (χ2n) is 6.51. The lowest BCUT2D eigenvalue weighted by molar-refractivity contribution is -0.659. The lowest BCUT2D eigenvalue weighted by Gasteiger charge is -2.12. The number of rotatable bonds is 2. The highest BCUT2D eigenvalue weighted by molar-refractivity contribution is 5.65. The Morgan fingerprint density at radius 1 is 0.792 bits per heavy atom. The highest BCUT2D eigenvalue weighted by Gasteiger charge is 2.25. The third kappa shape index (κ3) is 2.08. The number of fused-ring (bicyclic) bond motifs is 1. The molecule has 0 saturated carbocycles. The zero-order chi connectivity index (χ0) is 16.8. The number of benzene rings is 1. The van der Waals surface area contributed by atoms with Gasteiger partial charge in [0.2, 0.25) is 0 Å². The predicted octanol–water partition coefficient (Wildman–Crippen LogP) is 4.15. The van der Waals surface area contributed by atoms with Crippen LogP contribution in [-0.4, -0.2) is 8.97 Å². The molecule has 0 aliphatic carbocycles. The van der Waals surface area contributed by atoms with E-state index in [-0.39, 0.29) is 0 Å². The number of para-hydroxylation sites is 1. The van der Waals surface area contributed by atoms with Crippen molar-refractivity contribution in [3.8, 4) is 17.2 Å². The Hall–Kier alpha value is -2.81.